The van der Waals surface area contributed by atoms with Gasteiger partial charge in [-0.25, -0.2) is 9.13 Å². The lowest BCUT2D eigenvalue weighted by atomic mass is 10.0. The van der Waals surface area contributed by atoms with Crippen molar-refractivity contribution < 1.29 is 75.8 Å². The van der Waals surface area contributed by atoms with Crippen molar-refractivity contribution >= 4 is 33.6 Å². The molecule has 0 fully saturated rings. The minimum atomic E-state index is -4.94. The van der Waals surface area contributed by atoms with Crippen molar-refractivity contribution in [2.24, 2.45) is 0 Å². The predicted molar refractivity (Wildman–Crippen MR) is 445 cm³/mol. The fraction of sp³-hybridized carbons (Fsp3) is 0.652. The quantitative estimate of drug-likeness (QED) is 0.0146. The van der Waals surface area contributed by atoms with E-state index in [0.29, 0.717) is 19.3 Å². The molecule has 16 nitrogen and oxygen atoms in total. The van der Waals surface area contributed by atoms with Crippen LogP contribution in [0.1, 0.15) is 316 Å². The van der Waals surface area contributed by atoms with Gasteiger partial charge in [0.2, 0.25) is 0 Å². The van der Waals surface area contributed by atoms with E-state index in [1.807, 2.05) is 0 Å². The highest BCUT2D eigenvalue weighted by Gasteiger charge is 2.29. The van der Waals surface area contributed by atoms with Gasteiger partial charge in [-0.3, -0.25) is 32.5 Å². The molecule has 610 valence electrons. The second kappa shape index (κ2) is 80.4. The summed E-state index contributed by atoms with van der Waals surface area (Å²) in [6.45, 7) is 2.35. The molecule has 5 unspecified atom stereocenters. The molecule has 0 aromatic rings. The number of rotatable bonds is 77. The Balaban J connectivity index is 4.47. The predicted octanol–water partition coefficient (Wildman–Crippen LogP) is 24.8. The van der Waals surface area contributed by atoms with Crippen molar-refractivity contribution in [2.75, 3.05) is 39.6 Å². The van der Waals surface area contributed by atoms with E-state index >= 15 is 0 Å². The highest BCUT2D eigenvalue weighted by Crippen LogP contribution is 2.45. The third-order valence-electron chi connectivity index (χ3n) is 16.9. The minimum absolute atomic E-state index is 0.0801. The lowest BCUT2D eigenvalue weighted by molar-refractivity contribution is -0.161. The van der Waals surface area contributed by atoms with Crippen molar-refractivity contribution in [3.8, 4) is 0 Å². The summed E-state index contributed by atoms with van der Waals surface area (Å²) in [6, 6.07) is 0. The minimum Gasteiger partial charge on any atom is -0.463 e. The van der Waals surface area contributed by atoms with E-state index in [1.54, 1.807) is 0 Å². The maximum absolute atomic E-state index is 13.0. The van der Waals surface area contributed by atoms with Gasteiger partial charge in [-0.05, 0) is 148 Å². The number of phosphoric ester groups is 2. The Kier molecular flexibility index (Phi) is 76.6. The second-order valence-corrected chi connectivity index (χ2v) is 30.1. The molecule has 0 aliphatic carbocycles. The molecule has 0 aromatic heterocycles. The number of allylic oxidation sites excluding steroid dienone is 28. The number of phosphoric acid groups is 2. The fourth-order valence-electron chi connectivity index (χ4n) is 10.7. The van der Waals surface area contributed by atoms with E-state index < -0.39 is 91.5 Å². The first kappa shape index (κ1) is 102. The van der Waals surface area contributed by atoms with Crippen molar-refractivity contribution in [1.82, 2.24) is 0 Å². The number of ether oxygens (including phenoxy) is 3. The highest BCUT2D eigenvalue weighted by atomic mass is 31.2. The first-order chi connectivity index (χ1) is 52.2. The van der Waals surface area contributed by atoms with E-state index in [2.05, 4.69) is 191 Å². The summed E-state index contributed by atoms with van der Waals surface area (Å²) in [6.07, 6.45) is 103. The van der Waals surface area contributed by atoms with Crippen LogP contribution in [-0.2, 0) is 55.8 Å². The zero-order valence-electron chi connectivity index (χ0n) is 66.7. The normalized spacial score (nSPS) is 14.8. The van der Waals surface area contributed by atoms with Crippen LogP contribution >= 0.6 is 15.6 Å². The third-order valence-corrected chi connectivity index (χ3v) is 18.8. The molecule has 0 heterocycles. The van der Waals surface area contributed by atoms with Gasteiger partial charge in [0.05, 0.1) is 26.4 Å². The molecule has 0 aliphatic rings. The van der Waals surface area contributed by atoms with Crippen molar-refractivity contribution in [3.05, 3.63) is 170 Å². The van der Waals surface area contributed by atoms with Crippen LogP contribution in [0.2, 0.25) is 0 Å². The summed E-state index contributed by atoms with van der Waals surface area (Å²) in [5.41, 5.74) is 0. The Morgan fingerprint density at radius 2 is 0.495 bits per heavy atom. The first-order valence-corrected chi connectivity index (χ1v) is 44.4. The molecule has 0 spiro atoms. The molecule has 0 radical (unpaired) electrons. The summed E-state index contributed by atoms with van der Waals surface area (Å²) < 4.78 is 61.2. The van der Waals surface area contributed by atoms with Crippen molar-refractivity contribution in [2.45, 2.75) is 334 Å². The van der Waals surface area contributed by atoms with Crippen LogP contribution in [0, 0.1) is 0 Å². The van der Waals surface area contributed by atoms with Crippen LogP contribution in [0.4, 0.5) is 0 Å². The van der Waals surface area contributed by atoms with Gasteiger partial charge in [0.15, 0.2) is 6.10 Å². The Bertz CT molecular complexity index is 2620. The van der Waals surface area contributed by atoms with Gasteiger partial charge in [-0.2, -0.15) is 0 Å². The number of hydrogen-bond acceptors (Lipinski definition) is 14. The van der Waals surface area contributed by atoms with Gasteiger partial charge in [-0.15, -0.1) is 0 Å². The molecular formula is C89H148O16P2. The molecular weight excluding hydrogens is 1390 g/mol. The van der Waals surface area contributed by atoms with Crippen molar-refractivity contribution in [3.63, 3.8) is 0 Å². The Morgan fingerprint density at radius 1 is 0.271 bits per heavy atom. The topological polar surface area (TPSA) is 231 Å². The summed E-state index contributed by atoms with van der Waals surface area (Å²) >= 11 is 0. The maximum atomic E-state index is 13.0. The Labute approximate surface area is 650 Å². The van der Waals surface area contributed by atoms with Gasteiger partial charge < -0.3 is 34.2 Å². The third kappa shape index (κ3) is 81.7. The van der Waals surface area contributed by atoms with Crippen LogP contribution in [0.5, 0.6) is 0 Å². The lowest BCUT2D eigenvalue weighted by Crippen LogP contribution is -2.30. The molecule has 5 atom stereocenters. The molecule has 107 heavy (non-hydrogen) atoms. The fourth-order valence-corrected chi connectivity index (χ4v) is 12.3. The van der Waals surface area contributed by atoms with E-state index in [0.717, 1.165) is 193 Å². The summed E-state index contributed by atoms with van der Waals surface area (Å²) in [5, 5.41) is 20.7. The molecule has 0 saturated carbocycles. The van der Waals surface area contributed by atoms with Crippen LogP contribution in [-0.4, -0.2) is 95.9 Å². The summed E-state index contributed by atoms with van der Waals surface area (Å²) in [5.74, 6) is -1.61. The van der Waals surface area contributed by atoms with Gasteiger partial charge in [-0.1, -0.05) is 319 Å². The zero-order chi connectivity index (χ0) is 78.0. The van der Waals surface area contributed by atoms with Crippen molar-refractivity contribution in [1.29, 1.82) is 0 Å². The Morgan fingerprint density at radius 3 is 0.785 bits per heavy atom. The van der Waals surface area contributed by atoms with Crippen LogP contribution in [0.25, 0.3) is 0 Å². The van der Waals surface area contributed by atoms with Crippen LogP contribution < -0.4 is 0 Å². The van der Waals surface area contributed by atoms with E-state index in [1.165, 1.54) is 64.2 Å². The molecule has 0 aliphatic heterocycles. The molecule has 18 heteroatoms. The molecule has 0 rings (SSSR count). The molecule has 0 bridgehead atoms. The largest absolute Gasteiger partial charge is 0.472 e. The number of aliphatic hydroxyl groups excluding tert-OH is 2. The first-order valence-electron chi connectivity index (χ1n) is 41.4. The molecule has 0 aromatic carbocycles. The van der Waals surface area contributed by atoms with E-state index in [-0.39, 0.29) is 19.3 Å². The van der Waals surface area contributed by atoms with E-state index in [4.69, 9.17) is 32.3 Å². The average molecular weight is 1540 g/mol. The number of aliphatic hydroxyl groups is 2. The molecule has 0 saturated heterocycles. The van der Waals surface area contributed by atoms with Crippen LogP contribution in [0.3, 0.4) is 0 Å². The van der Waals surface area contributed by atoms with Gasteiger partial charge in [0.25, 0.3) is 0 Å². The summed E-state index contributed by atoms with van der Waals surface area (Å²) in [4.78, 5) is 58.7. The summed E-state index contributed by atoms with van der Waals surface area (Å²) in [7, 11) is -9.81. The van der Waals surface area contributed by atoms with Gasteiger partial charge in [0.1, 0.15) is 25.4 Å². The van der Waals surface area contributed by atoms with Crippen LogP contribution in [0.15, 0.2) is 170 Å². The van der Waals surface area contributed by atoms with Gasteiger partial charge in [0, 0.05) is 19.3 Å². The van der Waals surface area contributed by atoms with Gasteiger partial charge >= 0.3 is 33.6 Å². The smallest absolute Gasteiger partial charge is 0.463 e. The SMILES string of the molecule is CC/C=C\C/C=C\C/C=C\C/C=C\C/C=C\C/C=C\CCCCCCCCCCCCCCCCC(=O)OCC(O)COP(=O)(O)OCC(O)COP(=O)(O)OCC(COC(=O)CCCCCCCC/C=C\C/C=C\C/C=C\C/C=C\C/C=C\C/C=C\CC)OC(=O)CCCCCCC/C=C\C/C=C\CCC. The van der Waals surface area contributed by atoms with E-state index in [9.17, 15) is 43.5 Å². The maximum Gasteiger partial charge on any atom is 0.472 e. The number of unbranched alkanes of at least 4 members (excludes halogenated alkanes) is 26. The number of esters is 3. The number of hydrogen-bond donors (Lipinski definition) is 4. The standard InChI is InChI=1S/C89H148O16P2/c1-4-7-10-13-16-19-22-25-27-29-31-33-35-37-38-39-40-41-42-43-44-46-48-49-51-53-55-58-60-63-66-69-72-75-87(92)99-78-84(90)79-101-106(95,96)102-80-85(91)81-103-107(97,98)104-83-86(105-89(94)77-74-71-68-65-62-57-24-21-18-15-12-9-6-3)82-100-88(93)76-73-70-67-64-61-59-56-54-52-50-47-45-36-34-32-30-28-26-23-20-17-14-11-8-5-2/h7-8,10-12,15-17,19-21,24-28,31-34,37-38,40-41,45,47,52,54,84-86,90-91H,4-6,9,13-14,18,22-23,29-30,35-36,39,42-44,46,48-51,53,55-83H2,1-3H3,(H,95,96)(H,97,98)/b10-7-,11-8-,15-12-,19-16-,20-17-,24-21-,27-25-,28-26-,33-31-,34-32-,38-37-,41-40-,47-45-,54-52-. The Hall–Kier alpha value is -5.09. The number of carbonyl (C=O) groups excluding carboxylic acids is 3. The average Bonchev–Trinajstić information content (AvgIpc) is 0.908. The highest BCUT2D eigenvalue weighted by molar-refractivity contribution is 7.47. The number of carbonyl (C=O) groups is 3. The molecule has 0 amide bonds. The molecule has 4 N–H and O–H groups in total. The zero-order valence-corrected chi connectivity index (χ0v) is 68.5. The second-order valence-electron chi connectivity index (χ2n) is 27.2. The lowest BCUT2D eigenvalue weighted by Gasteiger charge is -2.21. The monoisotopic (exact) mass is 1540 g/mol.